The van der Waals surface area contributed by atoms with Crippen LogP contribution < -0.4 is 14.8 Å². The van der Waals surface area contributed by atoms with Gasteiger partial charge in [0.05, 0.1) is 4.92 Å². The Morgan fingerprint density at radius 3 is 2.77 bits per heavy atom. The molecular weight excluding hydrogens is 416 g/mol. The molecule has 10 heteroatoms. The van der Waals surface area contributed by atoms with Crippen LogP contribution in [0, 0.1) is 10.1 Å². The molecule has 2 aromatic carbocycles. The van der Waals surface area contributed by atoms with Crippen LogP contribution in [0.2, 0.25) is 5.02 Å². The molecule has 0 saturated carbocycles. The maximum atomic E-state index is 11.9. The first-order valence-corrected chi connectivity index (χ1v) is 9.35. The van der Waals surface area contributed by atoms with Gasteiger partial charge in [-0.1, -0.05) is 23.7 Å². The van der Waals surface area contributed by atoms with Crippen molar-refractivity contribution in [2.75, 3.05) is 18.5 Å². The van der Waals surface area contributed by atoms with Crippen LogP contribution in [0.3, 0.4) is 0 Å². The first-order valence-electron chi connectivity index (χ1n) is 8.98. The molecule has 0 spiro atoms. The number of benzene rings is 2. The highest BCUT2D eigenvalue weighted by atomic mass is 35.5. The second kappa shape index (κ2) is 8.58. The molecule has 0 fully saturated rings. The number of halogens is 1. The number of carbonyl (C=O) groups is 2. The number of nitrogens with zero attached hydrogens (tertiary/aromatic N) is 1. The summed E-state index contributed by atoms with van der Waals surface area (Å²) < 4.78 is 16.2. The van der Waals surface area contributed by atoms with Gasteiger partial charge >= 0.3 is 5.97 Å². The number of ether oxygens (including phenoxy) is 3. The Morgan fingerprint density at radius 2 is 2.03 bits per heavy atom. The molecule has 0 radical (unpaired) electrons. The molecule has 30 heavy (non-hydrogen) atoms. The van der Waals surface area contributed by atoms with Crippen molar-refractivity contribution in [1.29, 1.82) is 0 Å². The maximum absolute atomic E-state index is 11.9. The molecule has 0 aliphatic carbocycles. The van der Waals surface area contributed by atoms with Crippen LogP contribution in [0.4, 0.5) is 11.4 Å². The summed E-state index contributed by atoms with van der Waals surface area (Å²) in [5, 5.41) is 13.2. The molecule has 0 aromatic heterocycles. The molecular formula is C20H19ClN2O7. The lowest BCUT2D eigenvalue weighted by atomic mass is 10.0. The van der Waals surface area contributed by atoms with Gasteiger partial charge in [-0.2, -0.15) is 0 Å². The van der Waals surface area contributed by atoms with E-state index in [1.807, 2.05) is 26.0 Å². The predicted octanol–water partition coefficient (Wildman–Crippen LogP) is 3.52. The summed E-state index contributed by atoms with van der Waals surface area (Å²) in [6.07, 6.45) is 0.729. The summed E-state index contributed by atoms with van der Waals surface area (Å²) >= 11 is 5.72. The highest BCUT2D eigenvalue weighted by Crippen LogP contribution is 2.41. The van der Waals surface area contributed by atoms with Gasteiger partial charge in [0, 0.05) is 23.7 Å². The van der Waals surface area contributed by atoms with Crippen LogP contribution in [0.1, 0.15) is 19.4 Å². The molecule has 1 amide bonds. The van der Waals surface area contributed by atoms with Crippen molar-refractivity contribution >= 4 is 34.9 Å². The molecule has 1 aliphatic rings. The highest BCUT2D eigenvalue weighted by Gasteiger charge is 2.32. The normalized spacial score (nSPS) is 13.7. The first kappa shape index (κ1) is 21.4. The average Bonchev–Trinajstić information content (AvgIpc) is 3.00. The lowest BCUT2D eigenvalue weighted by molar-refractivity contribution is -0.384. The number of hydrogen-bond acceptors (Lipinski definition) is 7. The zero-order valence-electron chi connectivity index (χ0n) is 16.3. The minimum Gasteiger partial charge on any atom is -0.483 e. The van der Waals surface area contributed by atoms with Gasteiger partial charge < -0.3 is 19.5 Å². The number of hydrogen-bond donors (Lipinski definition) is 1. The summed E-state index contributed by atoms with van der Waals surface area (Å²) in [5.74, 6) is -0.391. The Labute approximate surface area is 177 Å². The Balaban J connectivity index is 1.49. The van der Waals surface area contributed by atoms with E-state index in [9.17, 15) is 19.7 Å². The third-order valence-electron chi connectivity index (χ3n) is 4.19. The fraction of sp³-hybridized carbons (Fsp3) is 0.300. The molecule has 0 unspecified atom stereocenters. The summed E-state index contributed by atoms with van der Waals surface area (Å²) in [4.78, 5) is 34.1. The van der Waals surface area contributed by atoms with Crippen LogP contribution >= 0.6 is 11.6 Å². The van der Waals surface area contributed by atoms with Crippen molar-refractivity contribution in [3.05, 3.63) is 57.1 Å². The van der Waals surface area contributed by atoms with E-state index in [1.54, 1.807) is 6.07 Å². The number of rotatable bonds is 7. The number of anilines is 1. The lowest BCUT2D eigenvalue weighted by Crippen LogP contribution is -2.25. The standard InChI is InChI=1S/C20H19ClN2O7/c1-20(2)9-12-4-3-5-16(19(12)30-20)28-11-18(25)29-10-17(24)22-13-6-7-14(21)15(8-13)23(26)27/h3-8H,9-11H2,1-2H3,(H,22,24). The number of carbonyl (C=O) groups excluding carboxylic acids is 2. The van der Waals surface area contributed by atoms with Crippen LogP contribution in [-0.2, 0) is 20.7 Å². The van der Waals surface area contributed by atoms with Crippen LogP contribution in [0.5, 0.6) is 11.5 Å². The van der Waals surface area contributed by atoms with Crippen molar-refractivity contribution in [2.24, 2.45) is 0 Å². The second-order valence-corrected chi connectivity index (χ2v) is 7.61. The van der Waals surface area contributed by atoms with Crippen molar-refractivity contribution in [3.8, 4) is 11.5 Å². The van der Waals surface area contributed by atoms with Crippen molar-refractivity contribution in [1.82, 2.24) is 0 Å². The highest BCUT2D eigenvalue weighted by molar-refractivity contribution is 6.32. The number of para-hydroxylation sites is 1. The van der Waals surface area contributed by atoms with E-state index in [0.717, 1.165) is 18.1 Å². The van der Waals surface area contributed by atoms with Crippen LogP contribution in [0.25, 0.3) is 0 Å². The third-order valence-corrected chi connectivity index (χ3v) is 4.51. The number of fused-ring (bicyclic) bond motifs is 1. The Hall–Kier alpha value is -3.33. The Morgan fingerprint density at radius 1 is 1.27 bits per heavy atom. The molecule has 0 atom stereocenters. The SMILES string of the molecule is CC1(C)Cc2cccc(OCC(=O)OCC(=O)Nc3ccc(Cl)c([N+](=O)[O-])c3)c2O1. The number of nitro benzene ring substituents is 1. The molecule has 158 valence electrons. The molecule has 0 bridgehead atoms. The first-order chi connectivity index (χ1) is 14.1. The van der Waals surface area contributed by atoms with Gasteiger partial charge in [-0.25, -0.2) is 4.79 Å². The van der Waals surface area contributed by atoms with Gasteiger partial charge in [-0.15, -0.1) is 0 Å². The number of nitro groups is 1. The maximum Gasteiger partial charge on any atom is 0.344 e. The van der Waals surface area contributed by atoms with Crippen molar-refractivity contribution in [2.45, 2.75) is 25.9 Å². The minimum absolute atomic E-state index is 0.0543. The van der Waals surface area contributed by atoms with Crippen molar-refractivity contribution in [3.63, 3.8) is 0 Å². The van der Waals surface area contributed by atoms with E-state index in [-0.39, 0.29) is 22.0 Å². The van der Waals surface area contributed by atoms with E-state index in [2.05, 4.69) is 5.32 Å². The van der Waals surface area contributed by atoms with E-state index >= 15 is 0 Å². The quantitative estimate of drug-likeness (QED) is 0.402. The zero-order valence-corrected chi connectivity index (χ0v) is 17.0. The van der Waals surface area contributed by atoms with Gasteiger partial charge in [-0.05, 0) is 32.0 Å². The number of nitrogens with one attached hydrogen (secondary N) is 1. The van der Waals surface area contributed by atoms with Crippen molar-refractivity contribution < 1.29 is 28.7 Å². The fourth-order valence-electron chi connectivity index (χ4n) is 2.95. The third kappa shape index (κ3) is 5.18. The predicted molar refractivity (Wildman–Crippen MR) is 108 cm³/mol. The summed E-state index contributed by atoms with van der Waals surface area (Å²) in [5.41, 5.74) is 0.447. The van der Waals surface area contributed by atoms with Gasteiger partial charge in [0.15, 0.2) is 24.7 Å². The topological polar surface area (TPSA) is 117 Å². The molecule has 0 saturated heterocycles. The Bertz CT molecular complexity index is 1010. The number of esters is 1. The van der Waals surface area contributed by atoms with E-state index in [4.69, 9.17) is 25.8 Å². The summed E-state index contributed by atoms with van der Waals surface area (Å²) in [7, 11) is 0. The molecule has 9 nitrogen and oxygen atoms in total. The van der Waals surface area contributed by atoms with Gasteiger partial charge in [-0.3, -0.25) is 14.9 Å². The van der Waals surface area contributed by atoms with Crippen LogP contribution in [-0.4, -0.2) is 35.6 Å². The zero-order chi connectivity index (χ0) is 21.9. The molecule has 1 heterocycles. The van der Waals surface area contributed by atoms with Gasteiger partial charge in [0.1, 0.15) is 10.6 Å². The van der Waals surface area contributed by atoms with E-state index in [1.165, 1.54) is 12.1 Å². The molecule has 3 rings (SSSR count). The van der Waals surface area contributed by atoms with Crippen LogP contribution in [0.15, 0.2) is 36.4 Å². The smallest absolute Gasteiger partial charge is 0.344 e. The summed E-state index contributed by atoms with van der Waals surface area (Å²) in [6, 6.07) is 9.23. The lowest BCUT2D eigenvalue weighted by Gasteiger charge is -2.18. The minimum atomic E-state index is -0.748. The average molecular weight is 435 g/mol. The van der Waals surface area contributed by atoms with E-state index in [0.29, 0.717) is 11.5 Å². The van der Waals surface area contributed by atoms with Gasteiger partial charge in [0.2, 0.25) is 0 Å². The largest absolute Gasteiger partial charge is 0.483 e. The van der Waals surface area contributed by atoms with E-state index < -0.39 is 30.0 Å². The fourth-order valence-corrected chi connectivity index (χ4v) is 3.14. The number of amides is 1. The second-order valence-electron chi connectivity index (χ2n) is 7.20. The molecule has 1 aliphatic heterocycles. The molecule has 2 aromatic rings. The monoisotopic (exact) mass is 434 g/mol. The molecule has 1 N–H and O–H groups in total. The Kier molecular flexibility index (Phi) is 6.12. The summed E-state index contributed by atoms with van der Waals surface area (Å²) in [6.45, 7) is 2.94. The van der Waals surface area contributed by atoms with Gasteiger partial charge in [0.25, 0.3) is 11.6 Å².